The molecule has 0 radical (unpaired) electrons. The molecule has 0 N–H and O–H groups in total. The monoisotopic (exact) mass is 230 g/mol. The first kappa shape index (κ1) is 9.78. The quantitative estimate of drug-likeness (QED) is 0.671. The van der Waals surface area contributed by atoms with Crippen molar-refractivity contribution >= 4 is 15.9 Å². The summed E-state index contributed by atoms with van der Waals surface area (Å²) in [4.78, 5) is 0. The van der Waals surface area contributed by atoms with Crippen molar-refractivity contribution in [3.63, 3.8) is 0 Å². The Balaban J connectivity index is 3.28. The maximum Gasteiger partial charge on any atom is 0.0822 e. The van der Waals surface area contributed by atoms with Crippen LogP contribution in [0.3, 0.4) is 0 Å². The number of hydrogen-bond donors (Lipinski definition) is 0. The average Bonchev–Trinajstić information content (AvgIpc) is 2.15. The van der Waals surface area contributed by atoms with Crippen LogP contribution in [0.2, 0.25) is 0 Å². The van der Waals surface area contributed by atoms with E-state index in [0.29, 0.717) is 0 Å². The van der Waals surface area contributed by atoms with Gasteiger partial charge in [-0.1, -0.05) is 20.8 Å². The van der Waals surface area contributed by atoms with E-state index >= 15 is 0 Å². The summed E-state index contributed by atoms with van der Waals surface area (Å²) in [6, 6.07) is 0. The maximum absolute atomic E-state index is 4.45. The van der Waals surface area contributed by atoms with Crippen molar-refractivity contribution in [2.45, 2.75) is 33.1 Å². The van der Waals surface area contributed by atoms with Crippen molar-refractivity contribution in [2.24, 2.45) is 7.05 Å². The van der Waals surface area contributed by atoms with Crippen LogP contribution < -0.4 is 0 Å². The van der Waals surface area contributed by atoms with Crippen molar-refractivity contribution in [1.29, 1.82) is 0 Å². The zero-order valence-electron chi connectivity index (χ0n) is 8.27. The third kappa shape index (κ3) is 1.56. The normalized spacial score (nSPS) is 12.2. The minimum atomic E-state index is 0.116. The molecule has 2 nitrogen and oxygen atoms in total. The van der Waals surface area contributed by atoms with Gasteiger partial charge in [0.1, 0.15) is 0 Å². The molecule has 1 aromatic heterocycles. The highest BCUT2D eigenvalue weighted by atomic mass is 79.9. The lowest BCUT2D eigenvalue weighted by Gasteiger charge is -2.15. The molecule has 0 spiro atoms. The minimum Gasteiger partial charge on any atom is -0.271 e. The van der Waals surface area contributed by atoms with Crippen molar-refractivity contribution in [1.82, 2.24) is 9.78 Å². The summed E-state index contributed by atoms with van der Waals surface area (Å²) in [6.45, 7) is 8.56. The summed E-state index contributed by atoms with van der Waals surface area (Å²) in [5.74, 6) is 0. The SMILES string of the molecule is Cc1c(Br)c(C(C)(C)C)nn1C. The van der Waals surface area contributed by atoms with Gasteiger partial charge < -0.3 is 0 Å². The van der Waals surface area contributed by atoms with Gasteiger partial charge in [-0.15, -0.1) is 0 Å². The van der Waals surface area contributed by atoms with E-state index in [2.05, 4.69) is 48.7 Å². The van der Waals surface area contributed by atoms with Crippen molar-refractivity contribution in [3.05, 3.63) is 15.9 Å². The van der Waals surface area contributed by atoms with Crippen LogP contribution >= 0.6 is 15.9 Å². The lowest BCUT2D eigenvalue weighted by atomic mass is 9.92. The van der Waals surface area contributed by atoms with Gasteiger partial charge in [-0.25, -0.2) is 0 Å². The van der Waals surface area contributed by atoms with E-state index in [0.717, 1.165) is 10.2 Å². The van der Waals surface area contributed by atoms with Gasteiger partial charge >= 0.3 is 0 Å². The van der Waals surface area contributed by atoms with Gasteiger partial charge in [-0.2, -0.15) is 5.10 Å². The second-order valence-electron chi connectivity index (χ2n) is 4.12. The van der Waals surface area contributed by atoms with E-state index in [4.69, 9.17) is 0 Å². The predicted octanol–water partition coefficient (Wildman–Crippen LogP) is 2.79. The Morgan fingerprint density at radius 2 is 1.83 bits per heavy atom. The first-order chi connectivity index (χ1) is 5.34. The molecule has 68 valence electrons. The second kappa shape index (κ2) is 2.87. The Bertz CT molecular complexity index is 294. The summed E-state index contributed by atoms with van der Waals surface area (Å²) in [6.07, 6.45) is 0. The van der Waals surface area contributed by atoms with Gasteiger partial charge in [0, 0.05) is 18.2 Å². The van der Waals surface area contributed by atoms with Gasteiger partial charge in [0.15, 0.2) is 0 Å². The highest BCUT2D eigenvalue weighted by molar-refractivity contribution is 9.10. The standard InChI is InChI=1S/C9H15BrN2/c1-6-7(10)8(9(2,3)4)11-12(6)5/h1-5H3. The van der Waals surface area contributed by atoms with E-state index in [9.17, 15) is 0 Å². The zero-order chi connectivity index (χ0) is 9.52. The fraction of sp³-hybridized carbons (Fsp3) is 0.667. The van der Waals surface area contributed by atoms with Crippen LogP contribution in [-0.2, 0) is 12.5 Å². The number of rotatable bonds is 0. The smallest absolute Gasteiger partial charge is 0.0822 e. The Hall–Kier alpha value is -0.310. The Morgan fingerprint density at radius 1 is 1.33 bits per heavy atom. The fourth-order valence-corrected chi connectivity index (χ4v) is 1.99. The van der Waals surface area contributed by atoms with Crippen LogP contribution in [0.4, 0.5) is 0 Å². The van der Waals surface area contributed by atoms with Gasteiger partial charge in [-0.05, 0) is 22.9 Å². The topological polar surface area (TPSA) is 17.8 Å². The first-order valence-corrected chi connectivity index (χ1v) is 4.83. The molecule has 0 saturated heterocycles. The van der Waals surface area contributed by atoms with Gasteiger partial charge in [0.2, 0.25) is 0 Å². The van der Waals surface area contributed by atoms with E-state index in [1.807, 2.05) is 11.7 Å². The lowest BCUT2D eigenvalue weighted by molar-refractivity contribution is 0.550. The van der Waals surface area contributed by atoms with Crippen molar-refractivity contribution in [3.8, 4) is 0 Å². The molecule has 0 aliphatic carbocycles. The Kier molecular flexibility index (Phi) is 2.34. The molecule has 1 heterocycles. The van der Waals surface area contributed by atoms with Crippen molar-refractivity contribution < 1.29 is 0 Å². The summed E-state index contributed by atoms with van der Waals surface area (Å²) in [5, 5.41) is 4.45. The number of aryl methyl sites for hydroxylation is 1. The number of aromatic nitrogens is 2. The van der Waals surface area contributed by atoms with Gasteiger partial charge in [-0.3, -0.25) is 4.68 Å². The molecular formula is C9H15BrN2. The number of nitrogens with zero attached hydrogens (tertiary/aromatic N) is 2. The predicted molar refractivity (Wildman–Crippen MR) is 54.3 cm³/mol. The molecule has 0 aromatic carbocycles. The maximum atomic E-state index is 4.45. The molecule has 0 saturated carbocycles. The summed E-state index contributed by atoms with van der Waals surface area (Å²) < 4.78 is 3.04. The highest BCUT2D eigenvalue weighted by Crippen LogP contribution is 2.30. The van der Waals surface area contributed by atoms with E-state index < -0.39 is 0 Å². The van der Waals surface area contributed by atoms with E-state index in [1.165, 1.54) is 5.69 Å². The molecule has 0 unspecified atom stereocenters. The molecule has 1 aromatic rings. The second-order valence-corrected chi connectivity index (χ2v) is 4.91. The number of halogens is 1. The van der Waals surface area contributed by atoms with E-state index in [1.54, 1.807) is 0 Å². The van der Waals surface area contributed by atoms with Crippen LogP contribution in [0.15, 0.2) is 4.47 Å². The highest BCUT2D eigenvalue weighted by Gasteiger charge is 2.22. The fourth-order valence-electron chi connectivity index (χ4n) is 1.06. The summed E-state index contributed by atoms with van der Waals surface area (Å²) in [7, 11) is 1.97. The van der Waals surface area contributed by atoms with Crippen LogP contribution in [0.5, 0.6) is 0 Å². The average molecular weight is 231 g/mol. The molecule has 12 heavy (non-hydrogen) atoms. The Morgan fingerprint density at radius 3 is 2.00 bits per heavy atom. The molecule has 0 bridgehead atoms. The van der Waals surface area contributed by atoms with Crippen LogP contribution in [0.1, 0.15) is 32.2 Å². The van der Waals surface area contributed by atoms with Gasteiger partial charge in [0.05, 0.1) is 10.2 Å². The Labute approximate surface area is 82.1 Å². The van der Waals surface area contributed by atoms with Crippen molar-refractivity contribution in [2.75, 3.05) is 0 Å². The molecule has 0 aliphatic heterocycles. The molecule has 3 heteroatoms. The third-order valence-electron chi connectivity index (χ3n) is 1.97. The van der Waals surface area contributed by atoms with Crippen LogP contribution in [0.25, 0.3) is 0 Å². The minimum absolute atomic E-state index is 0.116. The summed E-state index contributed by atoms with van der Waals surface area (Å²) >= 11 is 3.55. The first-order valence-electron chi connectivity index (χ1n) is 4.03. The van der Waals surface area contributed by atoms with Crippen LogP contribution in [-0.4, -0.2) is 9.78 Å². The number of hydrogen-bond acceptors (Lipinski definition) is 1. The molecule has 0 aliphatic rings. The molecule has 0 amide bonds. The van der Waals surface area contributed by atoms with E-state index in [-0.39, 0.29) is 5.41 Å². The van der Waals surface area contributed by atoms with Crippen LogP contribution in [0, 0.1) is 6.92 Å². The zero-order valence-corrected chi connectivity index (χ0v) is 9.86. The lowest BCUT2D eigenvalue weighted by Crippen LogP contribution is -2.13. The molecular weight excluding hydrogens is 216 g/mol. The largest absolute Gasteiger partial charge is 0.271 e. The molecule has 0 atom stereocenters. The molecule has 1 rings (SSSR count). The summed E-state index contributed by atoms with van der Waals surface area (Å²) in [5.41, 5.74) is 2.42. The van der Waals surface area contributed by atoms with Gasteiger partial charge in [0.25, 0.3) is 0 Å². The molecule has 0 fully saturated rings. The third-order valence-corrected chi connectivity index (χ3v) is 2.92.